The summed E-state index contributed by atoms with van der Waals surface area (Å²) in [5.41, 5.74) is 3.45. The number of carbonyl (C=O) groups excluding carboxylic acids is 3. The largest absolute Gasteiger partial charge is 0.463 e. The van der Waals surface area contributed by atoms with Crippen LogP contribution in [0.2, 0.25) is 0 Å². The molecule has 5 atom stereocenters. The molecule has 1 aliphatic heterocycles. The van der Waals surface area contributed by atoms with Crippen molar-refractivity contribution in [2.75, 3.05) is 12.3 Å². The molecular formula is C24H32N6O8. The van der Waals surface area contributed by atoms with Crippen molar-refractivity contribution in [2.45, 2.75) is 77.1 Å². The van der Waals surface area contributed by atoms with Crippen LogP contribution in [0.1, 0.15) is 47.2 Å². The Balaban J connectivity index is 1.95. The molecule has 2 aromatic heterocycles. The fraction of sp³-hybridized carbons (Fsp3) is 0.583. The minimum absolute atomic E-state index is 0.0928. The molecule has 0 unspecified atom stereocenters. The molecule has 3 heterocycles. The Bertz CT molecular complexity index is 1250. The van der Waals surface area contributed by atoms with Crippen LogP contribution in [0.25, 0.3) is 5.52 Å². The summed E-state index contributed by atoms with van der Waals surface area (Å²) in [6.07, 6.45) is -4.12. The Kier molecular flexibility index (Phi) is 8.13. The SMILES string of the molecule is CC(=O)OC[C@H]1O[C@@](C#N)(c2ccc3c(N)ncnn23)[C@H](O)[C@@H]1OC(=O)[C@@H](NC(=O)OC(C)(C)C)C(C)C. The molecule has 1 saturated heterocycles. The third-order valence-corrected chi connectivity index (χ3v) is 5.76. The summed E-state index contributed by atoms with van der Waals surface area (Å²) in [7, 11) is 0. The van der Waals surface area contributed by atoms with Gasteiger partial charge >= 0.3 is 18.0 Å². The molecule has 14 heteroatoms. The van der Waals surface area contributed by atoms with Crippen LogP contribution in [0.4, 0.5) is 10.6 Å². The highest BCUT2D eigenvalue weighted by molar-refractivity contribution is 5.82. The van der Waals surface area contributed by atoms with Gasteiger partial charge in [0.1, 0.15) is 48.4 Å². The average molecular weight is 533 g/mol. The zero-order chi connectivity index (χ0) is 28.4. The highest BCUT2D eigenvalue weighted by atomic mass is 16.6. The molecule has 0 saturated carbocycles. The van der Waals surface area contributed by atoms with Gasteiger partial charge in [0.15, 0.2) is 11.9 Å². The van der Waals surface area contributed by atoms with Crippen LogP contribution in [0.5, 0.6) is 0 Å². The summed E-state index contributed by atoms with van der Waals surface area (Å²) in [4.78, 5) is 41.0. The number of nitrogens with zero attached hydrogens (tertiary/aromatic N) is 4. The lowest BCUT2D eigenvalue weighted by atomic mass is 9.92. The smallest absolute Gasteiger partial charge is 0.408 e. The van der Waals surface area contributed by atoms with Gasteiger partial charge in [0.05, 0.1) is 5.69 Å². The summed E-state index contributed by atoms with van der Waals surface area (Å²) < 4.78 is 23.2. The van der Waals surface area contributed by atoms with Crippen molar-refractivity contribution in [2.24, 2.45) is 5.92 Å². The van der Waals surface area contributed by atoms with Gasteiger partial charge in [-0.05, 0) is 38.8 Å². The van der Waals surface area contributed by atoms with Crippen LogP contribution in [-0.4, -0.2) is 74.3 Å². The second-order valence-electron chi connectivity index (χ2n) is 10.2. The van der Waals surface area contributed by atoms with Crippen LogP contribution >= 0.6 is 0 Å². The van der Waals surface area contributed by atoms with Gasteiger partial charge in [-0.3, -0.25) is 4.79 Å². The van der Waals surface area contributed by atoms with Gasteiger partial charge < -0.3 is 35.1 Å². The Labute approximate surface area is 219 Å². The molecule has 1 fully saturated rings. The maximum atomic E-state index is 13.2. The zero-order valence-corrected chi connectivity index (χ0v) is 22.0. The van der Waals surface area contributed by atoms with Gasteiger partial charge in [0.2, 0.25) is 5.60 Å². The molecule has 0 radical (unpaired) electrons. The van der Waals surface area contributed by atoms with E-state index in [1.807, 2.05) is 6.07 Å². The Morgan fingerprint density at radius 2 is 2.03 bits per heavy atom. The topological polar surface area (TPSA) is 200 Å². The number of nitrogen functional groups attached to an aromatic ring is 1. The van der Waals surface area contributed by atoms with Crippen LogP contribution < -0.4 is 11.1 Å². The van der Waals surface area contributed by atoms with Crippen molar-refractivity contribution in [1.29, 1.82) is 5.26 Å². The van der Waals surface area contributed by atoms with E-state index in [2.05, 4.69) is 15.4 Å². The molecule has 38 heavy (non-hydrogen) atoms. The second kappa shape index (κ2) is 10.8. The number of hydrogen-bond donors (Lipinski definition) is 3. The standard InChI is InChI=1S/C24H32N6O8/c1-12(2)17(29-22(34)38-23(4,5)6)21(33)36-18-15(9-35-13(3)31)37-24(10-25,19(18)32)16-8-7-14-20(26)27-11-28-30(14)16/h7-8,11-12,15,17-19,32H,9H2,1-6H3,(H,29,34)(H2,26,27,28)/t15-,17+,18-,19-,24+/m1/s1. The Hall–Kier alpha value is -3.96. The molecule has 0 aliphatic carbocycles. The lowest BCUT2D eigenvalue weighted by Crippen LogP contribution is -2.50. The van der Waals surface area contributed by atoms with E-state index in [-0.39, 0.29) is 11.5 Å². The van der Waals surface area contributed by atoms with Crippen LogP contribution in [0.15, 0.2) is 18.5 Å². The molecule has 0 bridgehead atoms. The van der Waals surface area contributed by atoms with Gasteiger partial charge in [0, 0.05) is 6.92 Å². The van der Waals surface area contributed by atoms with E-state index in [1.54, 1.807) is 40.7 Å². The summed E-state index contributed by atoms with van der Waals surface area (Å²) in [6.45, 7) is 9.12. The van der Waals surface area contributed by atoms with Crippen LogP contribution in [0.3, 0.4) is 0 Å². The van der Waals surface area contributed by atoms with Crippen molar-refractivity contribution in [3.63, 3.8) is 0 Å². The van der Waals surface area contributed by atoms with E-state index in [9.17, 15) is 24.8 Å². The first-order valence-electron chi connectivity index (χ1n) is 11.9. The maximum Gasteiger partial charge on any atom is 0.408 e. The number of anilines is 1. The van der Waals surface area contributed by atoms with Gasteiger partial charge in [-0.15, -0.1) is 0 Å². The van der Waals surface area contributed by atoms with Crippen molar-refractivity contribution < 1.29 is 38.4 Å². The summed E-state index contributed by atoms with van der Waals surface area (Å²) >= 11 is 0. The molecule has 2 aromatic rings. The highest BCUT2D eigenvalue weighted by Gasteiger charge is 2.60. The van der Waals surface area contributed by atoms with Gasteiger partial charge in [-0.25, -0.2) is 19.1 Å². The minimum Gasteiger partial charge on any atom is -0.463 e. The van der Waals surface area contributed by atoms with Crippen molar-refractivity contribution in [3.8, 4) is 6.07 Å². The number of nitrogens with two attached hydrogens (primary N) is 1. The number of nitrogens with one attached hydrogen (secondary N) is 1. The number of esters is 2. The van der Waals surface area contributed by atoms with E-state index < -0.39 is 66.1 Å². The molecule has 14 nitrogen and oxygen atoms in total. The predicted molar refractivity (Wildman–Crippen MR) is 130 cm³/mol. The Morgan fingerprint density at radius 3 is 2.61 bits per heavy atom. The zero-order valence-electron chi connectivity index (χ0n) is 22.0. The molecule has 1 aliphatic rings. The first kappa shape index (κ1) is 28.6. The number of aliphatic hydroxyl groups is 1. The number of fused-ring (bicyclic) bond motifs is 1. The van der Waals surface area contributed by atoms with Crippen molar-refractivity contribution in [1.82, 2.24) is 19.9 Å². The summed E-state index contributed by atoms with van der Waals surface area (Å²) in [6, 6.07) is 3.81. The first-order chi connectivity index (χ1) is 17.7. The molecule has 4 N–H and O–H groups in total. The van der Waals surface area contributed by atoms with E-state index >= 15 is 0 Å². The maximum absolute atomic E-state index is 13.2. The number of aromatic nitrogens is 3. The van der Waals surface area contributed by atoms with Gasteiger partial charge in [-0.1, -0.05) is 13.8 Å². The molecular weight excluding hydrogens is 500 g/mol. The van der Waals surface area contributed by atoms with E-state index in [0.717, 1.165) is 0 Å². The minimum atomic E-state index is -2.09. The molecule has 1 amide bonds. The predicted octanol–water partition coefficient (Wildman–Crippen LogP) is 0.814. The average Bonchev–Trinajstić information content (AvgIpc) is 3.36. The number of aliphatic hydroxyl groups excluding tert-OH is 1. The number of ether oxygens (including phenoxy) is 4. The fourth-order valence-corrected chi connectivity index (χ4v) is 4.01. The quantitative estimate of drug-likeness (QED) is 0.335. The number of hydrogen-bond acceptors (Lipinski definition) is 12. The number of carbonyl (C=O) groups is 3. The summed E-state index contributed by atoms with van der Waals surface area (Å²) in [5.74, 6) is -1.87. The monoisotopic (exact) mass is 532 g/mol. The van der Waals surface area contributed by atoms with Gasteiger partial charge in [-0.2, -0.15) is 10.4 Å². The first-order valence-corrected chi connectivity index (χ1v) is 11.9. The molecule has 0 aromatic carbocycles. The second-order valence-corrected chi connectivity index (χ2v) is 10.2. The third kappa shape index (κ3) is 5.79. The van der Waals surface area contributed by atoms with Crippen molar-refractivity contribution >= 4 is 29.4 Å². The molecule has 3 rings (SSSR count). The lowest BCUT2D eigenvalue weighted by molar-refractivity contribution is -0.162. The Morgan fingerprint density at radius 1 is 1.34 bits per heavy atom. The van der Waals surface area contributed by atoms with E-state index in [4.69, 9.17) is 24.7 Å². The number of nitriles is 1. The molecule has 0 spiro atoms. The summed E-state index contributed by atoms with van der Waals surface area (Å²) in [5, 5.41) is 28.2. The van der Waals surface area contributed by atoms with Crippen molar-refractivity contribution in [3.05, 3.63) is 24.2 Å². The third-order valence-electron chi connectivity index (χ3n) is 5.76. The number of rotatable bonds is 7. The van der Waals surface area contributed by atoms with Crippen LogP contribution in [-0.2, 0) is 34.1 Å². The lowest BCUT2D eigenvalue weighted by Gasteiger charge is -2.28. The number of alkyl carbamates (subject to hydrolysis) is 1. The fourth-order valence-electron chi connectivity index (χ4n) is 4.01. The normalized spacial score (nSPS) is 24.0. The van der Waals surface area contributed by atoms with E-state index in [0.29, 0.717) is 5.52 Å². The van der Waals surface area contributed by atoms with E-state index in [1.165, 1.54) is 23.8 Å². The molecule has 206 valence electrons. The van der Waals surface area contributed by atoms with Gasteiger partial charge in [0.25, 0.3) is 0 Å². The highest BCUT2D eigenvalue weighted by Crippen LogP contribution is 2.42. The number of amides is 1. The van der Waals surface area contributed by atoms with Crippen LogP contribution in [0, 0.1) is 17.2 Å².